The molecule has 0 aliphatic heterocycles. The maximum absolute atomic E-state index is 11.4. The van der Waals surface area contributed by atoms with Gasteiger partial charge in [0, 0.05) is 6.42 Å². The van der Waals surface area contributed by atoms with Crippen LogP contribution in [-0.4, -0.2) is 36.1 Å². The number of Topliss-reactive ketones (excluding diaryl/α,β-unsaturated/α-hetero) is 1. The topological polar surface area (TPSA) is 92.7 Å². The number of amides is 1. The molecule has 0 saturated heterocycles. The first-order chi connectivity index (χ1) is 7.61. The highest BCUT2D eigenvalue weighted by atomic mass is 16.5. The van der Waals surface area contributed by atoms with Crippen LogP contribution in [0.5, 0.6) is 0 Å². The van der Waals surface area contributed by atoms with E-state index in [2.05, 4.69) is 5.32 Å². The average Bonchev–Trinajstić information content (AvgIpc) is 2.63. The van der Waals surface area contributed by atoms with Crippen LogP contribution in [0.15, 0.2) is 0 Å². The van der Waals surface area contributed by atoms with Crippen molar-refractivity contribution in [2.24, 2.45) is 5.92 Å². The third-order valence-electron chi connectivity index (χ3n) is 2.43. The molecular weight excluding hydrogens is 214 g/mol. The SMILES string of the molecule is O=C(O)CCOCNC(=O)C1CCCC1=O. The molecule has 90 valence electrons. The number of nitrogens with one attached hydrogen (secondary N) is 1. The van der Waals surface area contributed by atoms with Crippen LogP contribution in [0, 0.1) is 5.92 Å². The molecule has 1 atom stereocenters. The van der Waals surface area contributed by atoms with Crippen molar-refractivity contribution >= 4 is 17.7 Å². The molecule has 0 spiro atoms. The summed E-state index contributed by atoms with van der Waals surface area (Å²) in [5.74, 6) is -1.83. The minimum Gasteiger partial charge on any atom is -0.481 e. The molecule has 6 heteroatoms. The lowest BCUT2D eigenvalue weighted by Gasteiger charge is -2.09. The van der Waals surface area contributed by atoms with Gasteiger partial charge in [-0.05, 0) is 12.8 Å². The standard InChI is InChI=1S/C10H15NO5/c12-8-3-1-2-7(8)10(15)11-6-16-5-4-9(13)14/h7H,1-6H2,(H,11,15)(H,13,14). The number of rotatable bonds is 6. The molecule has 0 aromatic carbocycles. The second-order valence-corrected chi connectivity index (χ2v) is 3.65. The molecule has 1 amide bonds. The number of carboxylic acid groups (broad SMARTS) is 1. The zero-order valence-electron chi connectivity index (χ0n) is 8.90. The van der Waals surface area contributed by atoms with E-state index >= 15 is 0 Å². The average molecular weight is 229 g/mol. The molecule has 0 aromatic rings. The number of aliphatic carboxylic acids is 1. The Hall–Kier alpha value is -1.43. The van der Waals surface area contributed by atoms with Gasteiger partial charge in [0.2, 0.25) is 5.91 Å². The summed E-state index contributed by atoms with van der Waals surface area (Å²) < 4.78 is 4.89. The molecule has 0 aromatic heterocycles. The Morgan fingerprint density at radius 2 is 2.25 bits per heavy atom. The van der Waals surface area contributed by atoms with Crippen LogP contribution >= 0.6 is 0 Å². The number of hydrogen-bond donors (Lipinski definition) is 2. The van der Waals surface area contributed by atoms with Gasteiger partial charge in [-0.3, -0.25) is 14.4 Å². The second-order valence-electron chi connectivity index (χ2n) is 3.65. The van der Waals surface area contributed by atoms with E-state index in [4.69, 9.17) is 9.84 Å². The van der Waals surface area contributed by atoms with E-state index in [1.165, 1.54) is 0 Å². The second kappa shape index (κ2) is 6.22. The van der Waals surface area contributed by atoms with Crippen LogP contribution in [-0.2, 0) is 19.1 Å². The van der Waals surface area contributed by atoms with E-state index in [1.807, 2.05) is 0 Å². The number of carbonyl (C=O) groups excluding carboxylic acids is 2. The number of ether oxygens (including phenoxy) is 1. The predicted molar refractivity (Wildman–Crippen MR) is 53.6 cm³/mol. The van der Waals surface area contributed by atoms with Gasteiger partial charge in [-0.1, -0.05) is 0 Å². The molecule has 1 saturated carbocycles. The van der Waals surface area contributed by atoms with Gasteiger partial charge in [-0.2, -0.15) is 0 Å². The van der Waals surface area contributed by atoms with E-state index in [9.17, 15) is 14.4 Å². The van der Waals surface area contributed by atoms with Crippen LogP contribution in [0.3, 0.4) is 0 Å². The summed E-state index contributed by atoms with van der Waals surface area (Å²) in [7, 11) is 0. The van der Waals surface area contributed by atoms with Crippen LogP contribution in [0.25, 0.3) is 0 Å². The molecule has 1 unspecified atom stereocenters. The van der Waals surface area contributed by atoms with E-state index in [-0.39, 0.29) is 31.4 Å². The maximum atomic E-state index is 11.4. The monoisotopic (exact) mass is 229 g/mol. The van der Waals surface area contributed by atoms with Gasteiger partial charge >= 0.3 is 5.97 Å². The Morgan fingerprint density at radius 1 is 1.50 bits per heavy atom. The first-order valence-corrected chi connectivity index (χ1v) is 5.21. The molecule has 0 bridgehead atoms. The summed E-state index contributed by atoms with van der Waals surface area (Å²) in [6.07, 6.45) is 1.73. The minimum atomic E-state index is -0.947. The molecule has 16 heavy (non-hydrogen) atoms. The van der Waals surface area contributed by atoms with Crippen LogP contribution in [0.2, 0.25) is 0 Å². The Kier molecular flexibility index (Phi) is 4.91. The van der Waals surface area contributed by atoms with Gasteiger partial charge in [0.25, 0.3) is 0 Å². The number of carbonyl (C=O) groups is 3. The highest BCUT2D eigenvalue weighted by Crippen LogP contribution is 2.20. The molecule has 0 radical (unpaired) electrons. The van der Waals surface area contributed by atoms with Crippen molar-refractivity contribution in [3.63, 3.8) is 0 Å². The fraction of sp³-hybridized carbons (Fsp3) is 0.700. The van der Waals surface area contributed by atoms with Crippen molar-refractivity contribution < 1.29 is 24.2 Å². The normalized spacial score (nSPS) is 19.8. The maximum Gasteiger partial charge on any atom is 0.305 e. The molecule has 1 rings (SSSR count). The first-order valence-electron chi connectivity index (χ1n) is 5.21. The van der Waals surface area contributed by atoms with Gasteiger partial charge in [0.15, 0.2) is 0 Å². The quantitative estimate of drug-likeness (QED) is 0.377. The zero-order chi connectivity index (χ0) is 12.0. The molecule has 6 nitrogen and oxygen atoms in total. The van der Waals surface area contributed by atoms with Crippen molar-refractivity contribution in [3.8, 4) is 0 Å². The predicted octanol–water partition coefficient (Wildman–Crippen LogP) is -0.0794. The summed E-state index contributed by atoms with van der Waals surface area (Å²) >= 11 is 0. The van der Waals surface area contributed by atoms with Crippen molar-refractivity contribution in [2.75, 3.05) is 13.3 Å². The van der Waals surface area contributed by atoms with Crippen LogP contribution < -0.4 is 5.32 Å². The van der Waals surface area contributed by atoms with E-state index in [0.717, 1.165) is 6.42 Å². The lowest BCUT2D eigenvalue weighted by atomic mass is 10.1. The van der Waals surface area contributed by atoms with Gasteiger partial charge < -0.3 is 15.2 Å². The third-order valence-corrected chi connectivity index (χ3v) is 2.43. The summed E-state index contributed by atoms with van der Waals surface area (Å²) in [5, 5.41) is 10.8. The van der Waals surface area contributed by atoms with Crippen molar-refractivity contribution in [1.82, 2.24) is 5.32 Å². The van der Waals surface area contributed by atoms with Gasteiger partial charge in [0.1, 0.15) is 12.5 Å². The summed E-state index contributed by atoms with van der Waals surface area (Å²) in [6, 6.07) is 0. The lowest BCUT2D eigenvalue weighted by molar-refractivity contribution is -0.138. The Bertz CT molecular complexity index is 289. The van der Waals surface area contributed by atoms with E-state index in [1.54, 1.807) is 0 Å². The van der Waals surface area contributed by atoms with Gasteiger partial charge in [-0.15, -0.1) is 0 Å². The molecule has 2 N–H and O–H groups in total. The summed E-state index contributed by atoms with van der Waals surface area (Å²) in [5.41, 5.74) is 0. The lowest BCUT2D eigenvalue weighted by Crippen LogP contribution is -2.34. The summed E-state index contributed by atoms with van der Waals surface area (Å²) in [4.78, 5) is 32.8. The van der Waals surface area contributed by atoms with Crippen molar-refractivity contribution in [1.29, 1.82) is 0 Å². The molecule has 0 heterocycles. The fourth-order valence-corrected chi connectivity index (χ4v) is 1.57. The molecular formula is C10H15NO5. The first kappa shape index (κ1) is 12.6. The van der Waals surface area contributed by atoms with Crippen LogP contribution in [0.4, 0.5) is 0 Å². The molecule has 1 aliphatic carbocycles. The highest BCUT2D eigenvalue weighted by molar-refractivity contribution is 6.02. The number of ketones is 1. The van der Waals surface area contributed by atoms with E-state index in [0.29, 0.717) is 12.8 Å². The molecule has 1 fully saturated rings. The number of hydrogen-bond acceptors (Lipinski definition) is 4. The third kappa shape index (κ3) is 3.98. The Labute approximate surface area is 93.0 Å². The largest absolute Gasteiger partial charge is 0.481 e. The van der Waals surface area contributed by atoms with Gasteiger partial charge in [0.05, 0.1) is 18.9 Å². The van der Waals surface area contributed by atoms with Crippen molar-refractivity contribution in [3.05, 3.63) is 0 Å². The molecule has 1 aliphatic rings. The Morgan fingerprint density at radius 3 is 2.81 bits per heavy atom. The highest BCUT2D eigenvalue weighted by Gasteiger charge is 2.30. The van der Waals surface area contributed by atoms with Gasteiger partial charge in [-0.25, -0.2) is 0 Å². The minimum absolute atomic E-state index is 0.0250. The van der Waals surface area contributed by atoms with E-state index < -0.39 is 11.9 Å². The van der Waals surface area contributed by atoms with Crippen LogP contribution in [0.1, 0.15) is 25.7 Å². The summed E-state index contributed by atoms with van der Waals surface area (Å²) in [6.45, 7) is 0.00409. The fourth-order valence-electron chi connectivity index (χ4n) is 1.57. The smallest absolute Gasteiger partial charge is 0.305 e. The Balaban J connectivity index is 2.11. The number of carboxylic acids is 1. The van der Waals surface area contributed by atoms with Crippen molar-refractivity contribution in [2.45, 2.75) is 25.7 Å². The zero-order valence-corrected chi connectivity index (χ0v) is 8.90.